The van der Waals surface area contributed by atoms with Gasteiger partial charge in [-0.1, -0.05) is 18.2 Å². The molecule has 0 bridgehead atoms. The van der Waals surface area contributed by atoms with E-state index in [9.17, 15) is 13.2 Å². The van der Waals surface area contributed by atoms with Gasteiger partial charge in [-0.25, -0.2) is 4.98 Å². The molecule has 21 heavy (non-hydrogen) atoms. The first-order valence-corrected chi connectivity index (χ1v) is 6.68. The van der Waals surface area contributed by atoms with Gasteiger partial charge in [-0.15, -0.1) is 0 Å². The standard InChI is InChI=1S/C15H18F3N3/c1-10(19)7-12-8-11-5-3-4-6-13(11)20-14(12)21(2)9-15(16,17)18/h3-6,8,10H,7,9,19H2,1-2H3. The Morgan fingerprint density at radius 3 is 2.57 bits per heavy atom. The predicted molar refractivity (Wildman–Crippen MR) is 78.4 cm³/mol. The highest BCUT2D eigenvalue weighted by Gasteiger charge is 2.30. The summed E-state index contributed by atoms with van der Waals surface area (Å²) in [4.78, 5) is 5.51. The zero-order valence-electron chi connectivity index (χ0n) is 12.0. The van der Waals surface area contributed by atoms with Crippen molar-refractivity contribution in [3.05, 3.63) is 35.9 Å². The second-order valence-corrected chi connectivity index (χ2v) is 5.32. The first-order valence-electron chi connectivity index (χ1n) is 6.68. The fourth-order valence-electron chi connectivity index (χ4n) is 2.32. The second-order valence-electron chi connectivity index (χ2n) is 5.32. The van der Waals surface area contributed by atoms with E-state index in [0.29, 0.717) is 17.8 Å². The van der Waals surface area contributed by atoms with Gasteiger partial charge < -0.3 is 10.6 Å². The Kier molecular flexibility index (Phi) is 4.37. The highest BCUT2D eigenvalue weighted by Crippen LogP contribution is 2.26. The molecule has 2 aromatic rings. The van der Waals surface area contributed by atoms with Crippen LogP contribution in [0, 0.1) is 0 Å². The highest BCUT2D eigenvalue weighted by molar-refractivity contribution is 5.81. The summed E-state index contributed by atoms with van der Waals surface area (Å²) < 4.78 is 37.8. The maximum Gasteiger partial charge on any atom is 0.405 e. The maximum atomic E-state index is 12.6. The van der Waals surface area contributed by atoms with Gasteiger partial charge in [0.15, 0.2) is 0 Å². The van der Waals surface area contributed by atoms with Crippen LogP contribution in [0.2, 0.25) is 0 Å². The lowest BCUT2D eigenvalue weighted by Gasteiger charge is -2.23. The van der Waals surface area contributed by atoms with Crippen LogP contribution in [-0.2, 0) is 6.42 Å². The molecule has 0 amide bonds. The Bertz CT molecular complexity index is 623. The SMILES string of the molecule is CC(N)Cc1cc2ccccc2nc1N(C)CC(F)(F)F. The number of anilines is 1. The van der Waals surface area contributed by atoms with Crippen molar-refractivity contribution < 1.29 is 13.2 Å². The number of alkyl halides is 3. The highest BCUT2D eigenvalue weighted by atomic mass is 19.4. The Hall–Kier alpha value is -1.82. The third-order valence-electron chi connectivity index (χ3n) is 3.10. The molecule has 0 aliphatic carbocycles. The lowest BCUT2D eigenvalue weighted by molar-refractivity contribution is -0.119. The van der Waals surface area contributed by atoms with Crippen molar-refractivity contribution in [1.29, 1.82) is 0 Å². The molecular formula is C15H18F3N3. The molecule has 1 aromatic carbocycles. The number of nitrogens with two attached hydrogens (primary N) is 1. The number of fused-ring (bicyclic) bond motifs is 1. The lowest BCUT2D eigenvalue weighted by Crippen LogP contribution is -2.32. The van der Waals surface area contributed by atoms with Gasteiger partial charge in [-0.05, 0) is 31.0 Å². The quantitative estimate of drug-likeness (QED) is 0.943. The molecule has 1 aromatic heterocycles. The number of nitrogens with zero attached hydrogens (tertiary/aromatic N) is 2. The summed E-state index contributed by atoms with van der Waals surface area (Å²) in [6, 6.07) is 9.09. The van der Waals surface area contributed by atoms with Crippen molar-refractivity contribution in [2.45, 2.75) is 25.6 Å². The van der Waals surface area contributed by atoms with Crippen LogP contribution in [0.5, 0.6) is 0 Å². The van der Waals surface area contributed by atoms with Gasteiger partial charge in [0.1, 0.15) is 12.4 Å². The molecule has 0 fully saturated rings. The summed E-state index contributed by atoms with van der Waals surface area (Å²) in [5, 5.41) is 0.900. The van der Waals surface area contributed by atoms with E-state index in [1.807, 2.05) is 31.2 Å². The summed E-state index contributed by atoms with van der Waals surface area (Å²) in [5.41, 5.74) is 7.20. The minimum absolute atomic E-state index is 0.147. The monoisotopic (exact) mass is 297 g/mol. The van der Waals surface area contributed by atoms with E-state index >= 15 is 0 Å². The van der Waals surface area contributed by atoms with Gasteiger partial charge in [0, 0.05) is 18.5 Å². The number of pyridine rings is 1. The molecule has 1 unspecified atom stereocenters. The average Bonchev–Trinajstić information content (AvgIpc) is 2.35. The molecule has 0 spiro atoms. The van der Waals surface area contributed by atoms with Gasteiger partial charge in [0.05, 0.1) is 5.52 Å². The van der Waals surface area contributed by atoms with Gasteiger partial charge in [-0.2, -0.15) is 13.2 Å². The normalized spacial score (nSPS) is 13.4. The van der Waals surface area contributed by atoms with Gasteiger partial charge in [0.25, 0.3) is 0 Å². The van der Waals surface area contributed by atoms with Crippen molar-refractivity contribution in [2.24, 2.45) is 5.73 Å². The van der Waals surface area contributed by atoms with Crippen LogP contribution in [0.4, 0.5) is 19.0 Å². The Labute approximate surface area is 121 Å². The minimum Gasteiger partial charge on any atom is -0.350 e. The summed E-state index contributed by atoms with van der Waals surface area (Å²) in [7, 11) is 1.40. The van der Waals surface area contributed by atoms with E-state index in [0.717, 1.165) is 15.8 Å². The molecule has 6 heteroatoms. The number of hydrogen-bond donors (Lipinski definition) is 1. The van der Waals surface area contributed by atoms with Gasteiger partial charge >= 0.3 is 6.18 Å². The molecule has 1 atom stereocenters. The van der Waals surface area contributed by atoms with Crippen LogP contribution in [0.1, 0.15) is 12.5 Å². The third-order valence-corrected chi connectivity index (χ3v) is 3.10. The molecule has 2 N–H and O–H groups in total. The topological polar surface area (TPSA) is 42.1 Å². The van der Waals surface area contributed by atoms with E-state index in [2.05, 4.69) is 4.98 Å². The van der Waals surface area contributed by atoms with E-state index in [4.69, 9.17) is 5.73 Å². The molecule has 2 rings (SSSR count). The first-order chi connectivity index (χ1) is 9.76. The minimum atomic E-state index is -4.27. The Morgan fingerprint density at radius 2 is 1.95 bits per heavy atom. The molecule has 0 aliphatic heterocycles. The van der Waals surface area contributed by atoms with Crippen molar-refractivity contribution in [3.63, 3.8) is 0 Å². The molecule has 3 nitrogen and oxygen atoms in total. The molecule has 0 radical (unpaired) electrons. The Morgan fingerprint density at radius 1 is 1.29 bits per heavy atom. The van der Waals surface area contributed by atoms with E-state index in [1.54, 1.807) is 6.07 Å². The van der Waals surface area contributed by atoms with Crippen molar-refractivity contribution in [3.8, 4) is 0 Å². The first kappa shape index (κ1) is 15.6. The smallest absolute Gasteiger partial charge is 0.350 e. The Balaban J connectivity index is 2.47. The fraction of sp³-hybridized carbons (Fsp3) is 0.400. The van der Waals surface area contributed by atoms with Gasteiger partial charge in [0.2, 0.25) is 0 Å². The second kappa shape index (κ2) is 5.89. The molecular weight excluding hydrogens is 279 g/mol. The van der Waals surface area contributed by atoms with Crippen molar-refractivity contribution in [1.82, 2.24) is 4.98 Å². The fourth-order valence-corrected chi connectivity index (χ4v) is 2.32. The van der Waals surface area contributed by atoms with Crippen LogP contribution in [0.15, 0.2) is 30.3 Å². The van der Waals surface area contributed by atoms with Crippen LogP contribution < -0.4 is 10.6 Å². The molecule has 114 valence electrons. The number of para-hydroxylation sites is 1. The van der Waals surface area contributed by atoms with Crippen LogP contribution in [-0.4, -0.2) is 30.8 Å². The molecule has 0 aliphatic rings. The van der Waals surface area contributed by atoms with Crippen LogP contribution in [0.3, 0.4) is 0 Å². The molecule has 1 heterocycles. The predicted octanol–water partition coefficient (Wildman–Crippen LogP) is 3.12. The van der Waals surface area contributed by atoms with E-state index in [-0.39, 0.29) is 6.04 Å². The van der Waals surface area contributed by atoms with Crippen molar-refractivity contribution in [2.75, 3.05) is 18.5 Å². The third kappa shape index (κ3) is 4.07. The zero-order valence-corrected chi connectivity index (χ0v) is 12.0. The maximum absolute atomic E-state index is 12.6. The van der Waals surface area contributed by atoms with Crippen LogP contribution in [0.25, 0.3) is 10.9 Å². The van der Waals surface area contributed by atoms with Crippen LogP contribution >= 0.6 is 0 Å². The lowest BCUT2D eigenvalue weighted by atomic mass is 10.1. The summed E-state index contributed by atoms with van der Waals surface area (Å²) in [5.74, 6) is 0.336. The van der Waals surface area contributed by atoms with Gasteiger partial charge in [-0.3, -0.25) is 0 Å². The van der Waals surface area contributed by atoms with Crippen molar-refractivity contribution >= 4 is 16.7 Å². The summed E-state index contributed by atoms with van der Waals surface area (Å²) in [6.07, 6.45) is -3.79. The number of benzene rings is 1. The number of aromatic nitrogens is 1. The molecule has 0 saturated carbocycles. The summed E-state index contributed by atoms with van der Waals surface area (Å²) >= 11 is 0. The van der Waals surface area contributed by atoms with E-state index < -0.39 is 12.7 Å². The summed E-state index contributed by atoms with van der Waals surface area (Å²) in [6.45, 7) is 0.785. The average molecular weight is 297 g/mol. The largest absolute Gasteiger partial charge is 0.405 e. The molecule has 0 saturated heterocycles. The number of rotatable bonds is 4. The zero-order chi connectivity index (χ0) is 15.6. The number of halogens is 3. The number of hydrogen-bond acceptors (Lipinski definition) is 3. The van der Waals surface area contributed by atoms with E-state index in [1.165, 1.54) is 7.05 Å².